The van der Waals surface area contributed by atoms with Gasteiger partial charge < -0.3 is 4.90 Å². The van der Waals surface area contributed by atoms with E-state index in [-0.39, 0.29) is 5.41 Å². The number of benzene rings is 10. The summed E-state index contributed by atoms with van der Waals surface area (Å²) in [5, 5.41) is 0. The first-order valence-electron chi connectivity index (χ1n) is 25.0. The van der Waals surface area contributed by atoms with Crippen LogP contribution in [-0.4, -0.2) is 0 Å². The Kier molecular flexibility index (Phi) is 9.38. The summed E-state index contributed by atoms with van der Waals surface area (Å²) in [5.74, 6) is 0.339. The SMILES string of the molecule is CC12C=CC=CC1C=Cc1c(-c3ccc(N(c4ccccc4-c4ccccc4-c4ccccc4-c4ccccc4)c4cccc5c4-c4ccccc4C54c5ccccc5-c5ccccc54)cc3)cccc12. The molecule has 0 heterocycles. The van der Waals surface area contributed by atoms with Gasteiger partial charge in [0.05, 0.1) is 16.8 Å². The lowest BCUT2D eigenvalue weighted by Gasteiger charge is -2.38. The minimum Gasteiger partial charge on any atom is -0.309 e. The quantitative estimate of drug-likeness (QED) is 0.154. The summed E-state index contributed by atoms with van der Waals surface area (Å²) in [6.07, 6.45) is 13.8. The van der Waals surface area contributed by atoms with Crippen LogP contribution in [0.25, 0.3) is 72.8 Å². The Morgan fingerprint density at radius 3 is 1.52 bits per heavy atom. The van der Waals surface area contributed by atoms with E-state index in [2.05, 4.69) is 285 Å². The topological polar surface area (TPSA) is 3.24 Å². The molecule has 1 heteroatoms. The number of para-hydroxylation sites is 1. The molecule has 10 aromatic carbocycles. The second-order valence-electron chi connectivity index (χ2n) is 19.6. The van der Waals surface area contributed by atoms with Crippen molar-refractivity contribution < 1.29 is 0 Å². The van der Waals surface area contributed by atoms with E-state index in [0.717, 1.165) is 22.6 Å². The molecule has 71 heavy (non-hydrogen) atoms. The fourth-order valence-corrected chi connectivity index (χ4v) is 12.9. The predicted octanol–water partition coefficient (Wildman–Crippen LogP) is 18.2. The molecule has 4 aliphatic rings. The standard InChI is InChI=1S/C70H49N/c1-69-46-18-17-23-49(69)42-45-58-52(32-19-36-61(58)69)48-40-43-50(44-41-48)71(66-38-16-12-30-59(66)55-27-8-7-26-54(55)53-25-6-5-24-51(53)47-21-3-2-4-22-47)67-39-20-37-65-68(67)60-31-11-15-35-64(60)70(65)62-33-13-9-28-56(62)57-29-10-14-34-63(57)70/h2-46,49H,1H3. The summed E-state index contributed by atoms with van der Waals surface area (Å²) in [5.41, 5.74) is 25.5. The highest BCUT2D eigenvalue weighted by Gasteiger charge is 2.52. The Morgan fingerprint density at radius 1 is 0.338 bits per heavy atom. The van der Waals surface area contributed by atoms with E-state index < -0.39 is 5.41 Å². The maximum Gasteiger partial charge on any atom is 0.0726 e. The van der Waals surface area contributed by atoms with Crippen molar-refractivity contribution in [3.05, 3.63) is 300 Å². The van der Waals surface area contributed by atoms with Crippen LogP contribution < -0.4 is 4.90 Å². The highest BCUT2D eigenvalue weighted by molar-refractivity contribution is 6.04. The first-order chi connectivity index (χ1) is 35.1. The number of nitrogens with zero attached hydrogens (tertiary/aromatic N) is 1. The Bertz CT molecular complexity index is 3800. The number of rotatable bonds is 7. The first-order valence-corrected chi connectivity index (χ1v) is 25.0. The lowest BCUT2D eigenvalue weighted by atomic mass is 9.65. The third kappa shape index (κ3) is 6.06. The molecule has 0 aromatic heterocycles. The molecule has 334 valence electrons. The van der Waals surface area contributed by atoms with Gasteiger partial charge in [0.15, 0.2) is 0 Å². The summed E-state index contributed by atoms with van der Waals surface area (Å²) in [6, 6.07) is 88.2. The van der Waals surface area contributed by atoms with Gasteiger partial charge in [-0.1, -0.05) is 256 Å². The molecule has 1 nitrogen and oxygen atoms in total. The molecule has 0 amide bonds. The number of hydrogen-bond donors (Lipinski definition) is 0. The normalized spacial score (nSPS) is 16.9. The zero-order valence-electron chi connectivity index (χ0n) is 39.5. The minimum atomic E-state index is -0.475. The summed E-state index contributed by atoms with van der Waals surface area (Å²) in [6.45, 7) is 2.38. The zero-order valence-corrected chi connectivity index (χ0v) is 39.5. The van der Waals surface area contributed by atoms with Crippen molar-refractivity contribution in [2.45, 2.75) is 17.8 Å². The smallest absolute Gasteiger partial charge is 0.0726 e. The largest absolute Gasteiger partial charge is 0.309 e. The maximum atomic E-state index is 2.55. The molecule has 1 spiro atoms. The van der Waals surface area contributed by atoms with Gasteiger partial charge in [-0.3, -0.25) is 0 Å². The molecule has 0 radical (unpaired) electrons. The fraction of sp³-hybridized carbons (Fsp3) is 0.0571. The average molecular weight is 904 g/mol. The van der Waals surface area contributed by atoms with Crippen molar-refractivity contribution in [2.75, 3.05) is 4.90 Å². The van der Waals surface area contributed by atoms with Crippen LogP contribution in [0.1, 0.15) is 40.3 Å². The zero-order chi connectivity index (χ0) is 47.1. The van der Waals surface area contributed by atoms with Gasteiger partial charge >= 0.3 is 0 Å². The minimum absolute atomic E-state index is 0.0884. The number of fused-ring (bicyclic) bond motifs is 13. The fourth-order valence-electron chi connectivity index (χ4n) is 12.9. The average Bonchev–Trinajstić information content (AvgIpc) is 3.93. The van der Waals surface area contributed by atoms with Gasteiger partial charge in [-0.25, -0.2) is 0 Å². The van der Waals surface area contributed by atoms with E-state index in [9.17, 15) is 0 Å². The molecular weight excluding hydrogens is 855 g/mol. The molecule has 2 atom stereocenters. The monoisotopic (exact) mass is 903 g/mol. The molecular formula is C70H49N. The van der Waals surface area contributed by atoms with Crippen molar-refractivity contribution in [2.24, 2.45) is 5.92 Å². The highest BCUT2D eigenvalue weighted by atomic mass is 15.1. The van der Waals surface area contributed by atoms with Gasteiger partial charge in [0.1, 0.15) is 0 Å². The Balaban J connectivity index is 1.00. The lowest BCUT2D eigenvalue weighted by Crippen LogP contribution is -2.32. The van der Waals surface area contributed by atoms with Crippen LogP contribution in [-0.2, 0) is 10.8 Å². The third-order valence-corrected chi connectivity index (χ3v) is 16.1. The third-order valence-electron chi connectivity index (χ3n) is 16.1. The predicted molar refractivity (Wildman–Crippen MR) is 297 cm³/mol. The molecule has 0 N–H and O–H groups in total. The summed E-state index contributed by atoms with van der Waals surface area (Å²) in [4.78, 5) is 2.55. The van der Waals surface area contributed by atoms with Gasteiger partial charge in [0.2, 0.25) is 0 Å². The maximum absolute atomic E-state index is 2.55. The molecule has 4 aliphatic carbocycles. The van der Waals surface area contributed by atoms with Crippen LogP contribution in [0.2, 0.25) is 0 Å². The van der Waals surface area contributed by atoms with Gasteiger partial charge in [-0.15, -0.1) is 0 Å². The van der Waals surface area contributed by atoms with Crippen LogP contribution in [0.3, 0.4) is 0 Å². The van der Waals surface area contributed by atoms with E-state index in [1.807, 2.05) is 0 Å². The molecule has 0 saturated carbocycles. The van der Waals surface area contributed by atoms with Crippen LogP contribution in [0.15, 0.2) is 267 Å². The van der Waals surface area contributed by atoms with E-state index in [4.69, 9.17) is 0 Å². The van der Waals surface area contributed by atoms with E-state index >= 15 is 0 Å². The number of anilines is 3. The number of hydrogen-bond acceptors (Lipinski definition) is 1. The van der Waals surface area contributed by atoms with E-state index in [0.29, 0.717) is 5.92 Å². The lowest BCUT2D eigenvalue weighted by molar-refractivity contribution is 0.493. The molecule has 14 rings (SSSR count). The van der Waals surface area contributed by atoms with Crippen LogP contribution in [0.4, 0.5) is 17.1 Å². The molecule has 0 saturated heterocycles. The molecule has 0 bridgehead atoms. The second kappa shape index (κ2) is 16.2. The Labute approximate surface area is 416 Å². The van der Waals surface area contributed by atoms with Crippen molar-refractivity contribution in [1.82, 2.24) is 0 Å². The van der Waals surface area contributed by atoms with Crippen molar-refractivity contribution in [1.29, 1.82) is 0 Å². The van der Waals surface area contributed by atoms with Crippen LogP contribution >= 0.6 is 0 Å². The second-order valence-corrected chi connectivity index (χ2v) is 19.6. The van der Waals surface area contributed by atoms with Crippen LogP contribution in [0.5, 0.6) is 0 Å². The van der Waals surface area contributed by atoms with Gasteiger partial charge in [-0.05, 0) is 113 Å². The summed E-state index contributed by atoms with van der Waals surface area (Å²) in [7, 11) is 0. The van der Waals surface area contributed by atoms with Gasteiger partial charge in [0, 0.05) is 28.1 Å². The number of allylic oxidation sites excluding steroid dienone is 5. The summed E-state index contributed by atoms with van der Waals surface area (Å²) < 4.78 is 0. The van der Waals surface area contributed by atoms with Crippen molar-refractivity contribution in [3.63, 3.8) is 0 Å². The first kappa shape index (κ1) is 41.2. The van der Waals surface area contributed by atoms with Gasteiger partial charge in [0.25, 0.3) is 0 Å². The Morgan fingerprint density at radius 2 is 0.817 bits per heavy atom. The van der Waals surface area contributed by atoms with Crippen LogP contribution in [0, 0.1) is 5.92 Å². The molecule has 2 unspecified atom stereocenters. The highest BCUT2D eigenvalue weighted by Crippen LogP contribution is 2.65. The van der Waals surface area contributed by atoms with Crippen molar-refractivity contribution in [3.8, 4) is 66.8 Å². The molecule has 0 fully saturated rings. The summed E-state index contributed by atoms with van der Waals surface area (Å²) >= 11 is 0. The van der Waals surface area contributed by atoms with Gasteiger partial charge in [-0.2, -0.15) is 0 Å². The Hall–Kier alpha value is -8.78. The molecule has 10 aromatic rings. The molecule has 0 aliphatic heterocycles. The van der Waals surface area contributed by atoms with Crippen molar-refractivity contribution >= 4 is 23.1 Å². The van der Waals surface area contributed by atoms with E-state index in [1.54, 1.807) is 0 Å². The van der Waals surface area contributed by atoms with E-state index in [1.165, 1.54) is 94.6 Å².